The molecule has 1 saturated heterocycles. The number of oxazole rings is 1. The summed E-state index contributed by atoms with van der Waals surface area (Å²) in [5.74, 6) is 0.635. The van der Waals surface area contributed by atoms with E-state index in [1.807, 2.05) is 18.2 Å². The molecule has 1 atom stereocenters. The third-order valence-electron chi connectivity index (χ3n) is 4.20. The molecule has 0 bridgehead atoms. The van der Waals surface area contributed by atoms with Crippen LogP contribution in [-0.4, -0.2) is 24.3 Å². The van der Waals surface area contributed by atoms with Gasteiger partial charge in [0.15, 0.2) is 0 Å². The first kappa shape index (κ1) is 15.1. The lowest BCUT2D eigenvalue weighted by Gasteiger charge is -2.12. The standard InChI is InChI=1S/C20H19NO3/c1-2-7-19(20-21-9-11-23-20)18(6-1)16-5-3-4-15(12-16)13-24-17-8-10-22-14-17/h1-7,9,11-12,17H,8,10,13-14H2. The number of hydrogen-bond donors (Lipinski definition) is 0. The van der Waals surface area contributed by atoms with E-state index < -0.39 is 0 Å². The summed E-state index contributed by atoms with van der Waals surface area (Å²) in [4.78, 5) is 4.28. The molecule has 0 saturated carbocycles. The molecular formula is C20H19NO3. The van der Waals surface area contributed by atoms with Crippen LogP contribution in [0, 0.1) is 0 Å². The van der Waals surface area contributed by atoms with Crippen molar-refractivity contribution in [2.24, 2.45) is 0 Å². The summed E-state index contributed by atoms with van der Waals surface area (Å²) < 4.78 is 16.8. The first-order valence-corrected chi connectivity index (χ1v) is 8.18. The first-order chi connectivity index (χ1) is 11.9. The lowest BCUT2D eigenvalue weighted by Crippen LogP contribution is -2.11. The van der Waals surface area contributed by atoms with E-state index in [1.54, 1.807) is 12.5 Å². The van der Waals surface area contributed by atoms with Gasteiger partial charge in [0.2, 0.25) is 5.89 Å². The maximum atomic E-state index is 5.93. The van der Waals surface area contributed by atoms with Gasteiger partial charge in [0.05, 0.1) is 25.5 Å². The van der Waals surface area contributed by atoms with Crippen molar-refractivity contribution >= 4 is 0 Å². The van der Waals surface area contributed by atoms with Gasteiger partial charge in [-0.1, -0.05) is 36.4 Å². The minimum atomic E-state index is 0.216. The van der Waals surface area contributed by atoms with Gasteiger partial charge in [-0.2, -0.15) is 0 Å². The maximum Gasteiger partial charge on any atom is 0.226 e. The predicted octanol–water partition coefficient (Wildman–Crippen LogP) is 4.31. The molecule has 4 rings (SSSR count). The van der Waals surface area contributed by atoms with E-state index in [0.717, 1.165) is 35.3 Å². The first-order valence-electron chi connectivity index (χ1n) is 8.18. The van der Waals surface area contributed by atoms with Gasteiger partial charge in [-0.15, -0.1) is 0 Å². The number of aromatic nitrogens is 1. The lowest BCUT2D eigenvalue weighted by atomic mass is 9.98. The van der Waals surface area contributed by atoms with Crippen molar-refractivity contribution in [2.75, 3.05) is 13.2 Å². The summed E-state index contributed by atoms with van der Waals surface area (Å²) in [6, 6.07) is 16.6. The van der Waals surface area contributed by atoms with Crippen molar-refractivity contribution in [3.05, 3.63) is 66.6 Å². The summed E-state index contributed by atoms with van der Waals surface area (Å²) >= 11 is 0. The Morgan fingerprint density at radius 2 is 2.00 bits per heavy atom. The molecule has 1 fully saturated rings. The molecule has 1 unspecified atom stereocenters. The second-order valence-corrected chi connectivity index (χ2v) is 5.88. The maximum absolute atomic E-state index is 5.93. The normalized spacial score (nSPS) is 17.2. The molecule has 1 aliphatic heterocycles. The van der Waals surface area contributed by atoms with E-state index in [0.29, 0.717) is 19.1 Å². The highest BCUT2D eigenvalue weighted by Crippen LogP contribution is 2.31. The van der Waals surface area contributed by atoms with E-state index in [4.69, 9.17) is 13.9 Å². The third-order valence-corrected chi connectivity index (χ3v) is 4.20. The Balaban J connectivity index is 1.59. The number of nitrogens with zero attached hydrogens (tertiary/aromatic N) is 1. The van der Waals surface area contributed by atoms with Crippen LogP contribution in [0.15, 0.2) is 65.4 Å². The molecule has 1 aliphatic rings. The lowest BCUT2D eigenvalue weighted by molar-refractivity contribution is 0.0318. The highest BCUT2D eigenvalue weighted by Gasteiger charge is 2.16. The van der Waals surface area contributed by atoms with Crippen LogP contribution in [-0.2, 0) is 16.1 Å². The van der Waals surface area contributed by atoms with Gasteiger partial charge in [0.1, 0.15) is 6.26 Å². The fourth-order valence-corrected chi connectivity index (χ4v) is 2.96. The fraction of sp³-hybridized carbons (Fsp3) is 0.250. The Kier molecular flexibility index (Phi) is 4.40. The molecule has 2 heterocycles. The third kappa shape index (κ3) is 3.25. The molecule has 24 heavy (non-hydrogen) atoms. The van der Waals surface area contributed by atoms with Crippen LogP contribution >= 0.6 is 0 Å². The minimum absolute atomic E-state index is 0.216. The number of ether oxygens (including phenoxy) is 2. The zero-order valence-corrected chi connectivity index (χ0v) is 13.4. The largest absolute Gasteiger partial charge is 0.445 e. The van der Waals surface area contributed by atoms with Gasteiger partial charge in [0, 0.05) is 12.2 Å². The van der Waals surface area contributed by atoms with E-state index in [1.165, 1.54) is 0 Å². The number of rotatable bonds is 5. The van der Waals surface area contributed by atoms with E-state index in [2.05, 4.69) is 35.3 Å². The van der Waals surface area contributed by atoms with Crippen LogP contribution in [0.2, 0.25) is 0 Å². The molecule has 2 aromatic carbocycles. The van der Waals surface area contributed by atoms with Gasteiger partial charge in [-0.25, -0.2) is 4.98 Å². The fourth-order valence-electron chi connectivity index (χ4n) is 2.96. The zero-order valence-electron chi connectivity index (χ0n) is 13.4. The van der Waals surface area contributed by atoms with Crippen LogP contribution in [0.1, 0.15) is 12.0 Å². The van der Waals surface area contributed by atoms with Crippen LogP contribution in [0.5, 0.6) is 0 Å². The van der Waals surface area contributed by atoms with Crippen molar-refractivity contribution in [2.45, 2.75) is 19.1 Å². The van der Waals surface area contributed by atoms with Crippen molar-refractivity contribution in [3.63, 3.8) is 0 Å². The van der Waals surface area contributed by atoms with Crippen molar-refractivity contribution in [3.8, 4) is 22.6 Å². The molecular weight excluding hydrogens is 302 g/mol. The van der Waals surface area contributed by atoms with E-state index >= 15 is 0 Å². The Hall–Kier alpha value is -2.43. The van der Waals surface area contributed by atoms with Gasteiger partial charge < -0.3 is 13.9 Å². The molecule has 0 aliphatic carbocycles. The Morgan fingerprint density at radius 3 is 2.79 bits per heavy atom. The molecule has 0 amide bonds. The molecule has 3 aromatic rings. The second kappa shape index (κ2) is 6.99. The van der Waals surface area contributed by atoms with Crippen molar-refractivity contribution < 1.29 is 13.9 Å². The van der Waals surface area contributed by atoms with Crippen LogP contribution in [0.4, 0.5) is 0 Å². The van der Waals surface area contributed by atoms with Gasteiger partial charge in [-0.3, -0.25) is 0 Å². The molecule has 4 nitrogen and oxygen atoms in total. The molecule has 0 spiro atoms. The van der Waals surface area contributed by atoms with Crippen LogP contribution < -0.4 is 0 Å². The number of hydrogen-bond acceptors (Lipinski definition) is 4. The Labute approximate surface area is 141 Å². The molecule has 122 valence electrons. The topological polar surface area (TPSA) is 44.5 Å². The van der Waals surface area contributed by atoms with Crippen LogP contribution in [0.3, 0.4) is 0 Å². The monoisotopic (exact) mass is 321 g/mol. The predicted molar refractivity (Wildman–Crippen MR) is 91.4 cm³/mol. The van der Waals surface area contributed by atoms with Gasteiger partial charge in [-0.05, 0) is 35.2 Å². The highest BCUT2D eigenvalue weighted by molar-refractivity contribution is 5.80. The average Bonchev–Trinajstić information content (AvgIpc) is 3.34. The van der Waals surface area contributed by atoms with Gasteiger partial charge in [0.25, 0.3) is 0 Å². The summed E-state index contributed by atoms with van der Waals surface area (Å²) in [6.07, 6.45) is 4.46. The Bertz CT molecular complexity index is 792. The average molecular weight is 321 g/mol. The summed E-state index contributed by atoms with van der Waals surface area (Å²) in [7, 11) is 0. The second-order valence-electron chi connectivity index (χ2n) is 5.88. The van der Waals surface area contributed by atoms with Gasteiger partial charge >= 0.3 is 0 Å². The van der Waals surface area contributed by atoms with E-state index in [-0.39, 0.29) is 6.10 Å². The number of benzene rings is 2. The highest BCUT2D eigenvalue weighted by atomic mass is 16.5. The molecule has 0 radical (unpaired) electrons. The Morgan fingerprint density at radius 1 is 1.08 bits per heavy atom. The quantitative estimate of drug-likeness (QED) is 0.702. The summed E-state index contributed by atoms with van der Waals surface area (Å²) in [6.45, 7) is 2.10. The SMILES string of the molecule is c1cc(COC2CCOC2)cc(-c2ccccc2-c2ncco2)c1. The minimum Gasteiger partial charge on any atom is -0.445 e. The molecule has 1 aromatic heterocycles. The van der Waals surface area contributed by atoms with Crippen molar-refractivity contribution in [1.29, 1.82) is 0 Å². The van der Waals surface area contributed by atoms with Crippen LogP contribution in [0.25, 0.3) is 22.6 Å². The smallest absolute Gasteiger partial charge is 0.226 e. The van der Waals surface area contributed by atoms with Crippen molar-refractivity contribution in [1.82, 2.24) is 4.98 Å². The molecule has 0 N–H and O–H groups in total. The summed E-state index contributed by atoms with van der Waals surface area (Å²) in [5.41, 5.74) is 4.38. The zero-order chi connectivity index (χ0) is 16.2. The van der Waals surface area contributed by atoms with E-state index in [9.17, 15) is 0 Å². The molecule has 4 heteroatoms. The summed E-state index contributed by atoms with van der Waals surface area (Å²) in [5, 5.41) is 0.